The molecule has 0 bridgehead atoms. The molecule has 1 aromatic heterocycles. The molecule has 7 heteroatoms. The number of methoxy groups -OCH3 is 2. The van der Waals surface area contributed by atoms with Crippen molar-refractivity contribution in [3.8, 4) is 11.5 Å². The summed E-state index contributed by atoms with van der Waals surface area (Å²) in [5.41, 5.74) is 3.08. The number of nitrogens with zero attached hydrogens (tertiary/aromatic N) is 1. The topological polar surface area (TPSA) is 78.2 Å². The Morgan fingerprint density at radius 1 is 1.19 bits per heavy atom. The fraction of sp³-hybridized carbons (Fsp3) is 0.333. The van der Waals surface area contributed by atoms with Crippen LogP contribution in [-0.4, -0.2) is 38.4 Å². The fourth-order valence-electron chi connectivity index (χ4n) is 3.89. The number of carbonyl (C=O) groups excluding carboxylic acids is 1. The minimum Gasteiger partial charge on any atom is -0.497 e. The zero-order valence-corrected chi connectivity index (χ0v) is 17.9. The number of fused-ring (bicyclic) bond motifs is 3. The minimum absolute atomic E-state index is 0.110. The molecule has 3 aromatic rings. The SMILES string of the molecule is COC(=O)Cc1c(C)c2ccc3c(c2oc1=O)CN(CCc1cccc(OC)c1)CO3. The van der Waals surface area contributed by atoms with Gasteiger partial charge in [-0.1, -0.05) is 12.1 Å². The highest BCUT2D eigenvalue weighted by Crippen LogP contribution is 2.33. The van der Waals surface area contributed by atoms with Gasteiger partial charge in [0.05, 0.1) is 31.8 Å². The molecule has 4 rings (SSSR count). The van der Waals surface area contributed by atoms with Gasteiger partial charge in [0.2, 0.25) is 0 Å². The molecule has 0 amide bonds. The molecule has 0 radical (unpaired) electrons. The van der Waals surface area contributed by atoms with Crippen molar-refractivity contribution in [1.82, 2.24) is 4.90 Å². The molecule has 2 heterocycles. The van der Waals surface area contributed by atoms with Crippen LogP contribution in [0, 0.1) is 6.92 Å². The summed E-state index contributed by atoms with van der Waals surface area (Å²) in [6.45, 7) is 3.68. The largest absolute Gasteiger partial charge is 0.497 e. The molecule has 0 spiro atoms. The lowest BCUT2D eigenvalue weighted by Crippen LogP contribution is -2.33. The van der Waals surface area contributed by atoms with E-state index in [-0.39, 0.29) is 6.42 Å². The first-order valence-corrected chi connectivity index (χ1v) is 10.1. The first kappa shape index (κ1) is 20.9. The Morgan fingerprint density at radius 2 is 2.03 bits per heavy atom. The van der Waals surface area contributed by atoms with E-state index in [0.717, 1.165) is 35.2 Å². The molecule has 0 saturated heterocycles. The van der Waals surface area contributed by atoms with Gasteiger partial charge >= 0.3 is 11.6 Å². The second-order valence-corrected chi connectivity index (χ2v) is 7.59. The summed E-state index contributed by atoms with van der Waals surface area (Å²) < 4.78 is 21.6. The lowest BCUT2D eigenvalue weighted by molar-refractivity contribution is -0.139. The molecule has 0 unspecified atom stereocenters. The lowest BCUT2D eigenvalue weighted by Gasteiger charge is -2.29. The molecule has 0 fully saturated rings. The third kappa shape index (κ3) is 4.27. The minimum atomic E-state index is -0.516. The van der Waals surface area contributed by atoms with E-state index in [9.17, 15) is 9.59 Å². The van der Waals surface area contributed by atoms with E-state index in [0.29, 0.717) is 30.2 Å². The quantitative estimate of drug-likeness (QED) is 0.445. The van der Waals surface area contributed by atoms with Gasteiger partial charge in [-0.3, -0.25) is 9.69 Å². The summed E-state index contributed by atoms with van der Waals surface area (Å²) in [6, 6.07) is 11.8. The molecule has 1 aliphatic rings. The third-order valence-electron chi connectivity index (χ3n) is 5.70. The van der Waals surface area contributed by atoms with Crippen LogP contribution in [0.2, 0.25) is 0 Å². The zero-order valence-electron chi connectivity index (χ0n) is 17.9. The molecule has 31 heavy (non-hydrogen) atoms. The van der Waals surface area contributed by atoms with Gasteiger partial charge in [0.25, 0.3) is 0 Å². The number of carbonyl (C=O) groups is 1. The Kier molecular flexibility index (Phi) is 5.95. The van der Waals surface area contributed by atoms with Crippen LogP contribution in [0.4, 0.5) is 0 Å². The number of benzene rings is 2. The van der Waals surface area contributed by atoms with E-state index >= 15 is 0 Å². The molecular formula is C24H25NO6. The highest BCUT2D eigenvalue weighted by Gasteiger charge is 2.24. The van der Waals surface area contributed by atoms with E-state index < -0.39 is 11.6 Å². The Bertz CT molecular complexity index is 1180. The van der Waals surface area contributed by atoms with Crippen molar-refractivity contribution in [3.63, 3.8) is 0 Å². The van der Waals surface area contributed by atoms with Crippen molar-refractivity contribution in [2.24, 2.45) is 0 Å². The molecule has 0 N–H and O–H groups in total. The van der Waals surface area contributed by atoms with Gasteiger partial charge in [0.15, 0.2) is 0 Å². The average Bonchev–Trinajstić information content (AvgIpc) is 2.80. The van der Waals surface area contributed by atoms with E-state index in [2.05, 4.69) is 11.0 Å². The van der Waals surface area contributed by atoms with Crippen LogP contribution in [0.1, 0.15) is 22.3 Å². The van der Waals surface area contributed by atoms with Gasteiger partial charge in [-0.05, 0) is 48.7 Å². The summed E-state index contributed by atoms with van der Waals surface area (Å²) >= 11 is 0. The van der Waals surface area contributed by atoms with Crippen LogP contribution in [0.3, 0.4) is 0 Å². The first-order valence-electron chi connectivity index (χ1n) is 10.1. The van der Waals surface area contributed by atoms with Crippen LogP contribution < -0.4 is 15.1 Å². The normalized spacial score (nSPS) is 13.5. The summed E-state index contributed by atoms with van der Waals surface area (Å²) in [4.78, 5) is 26.5. The summed E-state index contributed by atoms with van der Waals surface area (Å²) in [5, 5.41) is 0.801. The van der Waals surface area contributed by atoms with Crippen molar-refractivity contribution >= 4 is 16.9 Å². The molecular weight excluding hydrogens is 398 g/mol. The maximum atomic E-state index is 12.6. The van der Waals surface area contributed by atoms with Crippen molar-refractivity contribution in [2.75, 3.05) is 27.5 Å². The van der Waals surface area contributed by atoms with Gasteiger partial charge in [-0.2, -0.15) is 0 Å². The Hall–Kier alpha value is -3.32. The lowest BCUT2D eigenvalue weighted by atomic mass is 10.00. The number of hydrogen-bond donors (Lipinski definition) is 0. The standard InChI is InChI=1S/C24H25NO6/c1-15-18-7-8-21-20(23(18)31-24(27)19(15)12-22(26)29-3)13-25(14-30-21)10-9-16-5-4-6-17(11-16)28-2/h4-8,11H,9-10,12-14H2,1-3H3. The van der Waals surface area contributed by atoms with E-state index in [1.807, 2.05) is 37.3 Å². The highest BCUT2D eigenvalue weighted by atomic mass is 16.5. The van der Waals surface area contributed by atoms with Crippen molar-refractivity contribution in [1.29, 1.82) is 0 Å². The fourth-order valence-corrected chi connectivity index (χ4v) is 3.89. The predicted molar refractivity (Wildman–Crippen MR) is 116 cm³/mol. The van der Waals surface area contributed by atoms with Crippen molar-refractivity contribution < 1.29 is 23.4 Å². The molecule has 0 atom stereocenters. The number of aryl methyl sites for hydroxylation is 1. The summed E-state index contributed by atoms with van der Waals surface area (Å²) in [6.07, 6.45) is 0.730. The predicted octanol–water partition coefficient (Wildman–Crippen LogP) is 3.22. The highest BCUT2D eigenvalue weighted by molar-refractivity contribution is 5.87. The second-order valence-electron chi connectivity index (χ2n) is 7.59. The first-order chi connectivity index (χ1) is 15.0. The van der Waals surface area contributed by atoms with Crippen molar-refractivity contribution in [3.05, 3.63) is 69.1 Å². The Labute approximate surface area is 180 Å². The van der Waals surface area contributed by atoms with Gasteiger partial charge in [-0.15, -0.1) is 0 Å². The molecule has 2 aromatic carbocycles. The second kappa shape index (κ2) is 8.81. The van der Waals surface area contributed by atoms with Gasteiger partial charge in [0.1, 0.15) is 23.8 Å². The maximum Gasteiger partial charge on any atom is 0.340 e. The van der Waals surface area contributed by atoms with Crippen LogP contribution >= 0.6 is 0 Å². The number of hydrogen-bond acceptors (Lipinski definition) is 7. The van der Waals surface area contributed by atoms with Crippen molar-refractivity contribution in [2.45, 2.75) is 26.3 Å². The summed E-state index contributed by atoms with van der Waals surface area (Å²) in [7, 11) is 2.96. The van der Waals surface area contributed by atoms with Crippen LogP contribution in [0.5, 0.6) is 11.5 Å². The van der Waals surface area contributed by atoms with Gasteiger partial charge in [0, 0.05) is 18.5 Å². The zero-order chi connectivity index (χ0) is 22.0. The van der Waals surface area contributed by atoms with Gasteiger partial charge < -0.3 is 18.6 Å². The average molecular weight is 423 g/mol. The molecule has 1 aliphatic heterocycles. The smallest absolute Gasteiger partial charge is 0.340 e. The van der Waals surface area contributed by atoms with Gasteiger partial charge in [-0.25, -0.2) is 4.79 Å². The maximum absolute atomic E-state index is 12.6. The summed E-state index contributed by atoms with van der Waals surface area (Å²) in [5.74, 6) is 1.08. The number of ether oxygens (including phenoxy) is 3. The van der Waals surface area contributed by atoms with Crippen LogP contribution in [0.15, 0.2) is 45.6 Å². The molecule has 7 nitrogen and oxygen atoms in total. The van der Waals surface area contributed by atoms with E-state index in [1.54, 1.807) is 7.11 Å². The van der Waals surface area contributed by atoms with Crippen LogP contribution in [0.25, 0.3) is 11.0 Å². The molecule has 0 aliphatic carbocycles. The monoisotopic (exact) mass is 423 g/mol. The number of esters is 1. The van der Waals surface area contributed by atoms with Crippen LogP contribution in [-0.2, 0) is 28.9 Å². The van der Waals surface area contributed by atoms with E-state index in [4.69, 9.17) is 18.6 Å². The molecule has 162 valence electrons. The Morgan fingerprint density at radius 3 is 2.81 bits per heavy atom. The van der Waals surface area contributed by atoms with E-state index in [1.165, 1.54) is 12.7 Å². The molecule has 0 saturated carbocycles. The third-order valence-corrected chi connectivity index (χ3v) is 5.70. The number of rotatable bonds is 6. The Balaban J connectivity index is 1.60.